The Hall–Kier alpha value is -2.26. The number of hydrogen-bond acceptors (Lipinski definition) is 5. The van der Waals surface area contributed by atoms with E-state index in [-0.39, 0.29) is 11.2 Å². The van der Waals surface area contributed by atoms with E-state index in [1.807, 2.05) is 52.0 Å². The van der Waals surface area contributed by atoms with Gasteiger partial charge >= 0.3 is 7.12 Å². The predicted octanol–water partition coefficient (Wildman–Crippen LogP) is 5.20. The number of ketones is 1. The van der Waals surface area contributed by atoms with Gasteiger partial charge in [0.25, 0.3) is 0 Å². The average molecular weight is 564 g/mol. The summed E-state index contributed by atoms with van der Waals surface area (Å²) in [5.41, 5.74) is 2.96. The highest BCUT2D eigenvalue weighted by Crippen LogP contribution is 2.46. The molecule has 1 atom stereocenters. The molecule has 0 amide bonds. The van der Waals surface area contributed by atoms with Crippen LogP contribution in [-0.2, 0) is 36.0 Å². The lowest BCUT2D eigenvalue weighted by Gasteiger charge is -2.46. The maximum Gasteiger partial charge on any atom is 0.494 e. The molecule has 2 aliphatic heterocycles. The smallest absolute Gasteiger partial charge is 0.399 e. The lowest BCUT2D eigenvalue weighted by atomic mass is 9.66. The quantitative estimate of drug-likeness (QED) is 0.468. The molecule has 0 radical (unpaired) electrons. The van der Waals surface area contributed by atoms with Gasteiger partial charge in [0.15, 0.2) is 5.78 Å². The van der Waals surface area contributed by atoms with E-state index in [1.54, 1.807) is 22.5 Å². The molecule has 6 nitrogen and oxygen atoms in total. The van der Waals surface area contributed by atoms with Gasteiger partial charge in [0, 0.05) is 24.9 Å². The largest absolute Gasteiger partial charge is 0.494 e. The minimum Gasteiger partial charge on any atom is -0.399 e. The lowest BCUT2D eigenvalue weighted by Crippen LogP contribution is -2.49. The fourth-order valence-corrected chi connectivity index (χ4v) is 7.55. The van der Waals surface area contributed by atoms with E-state index < -0.39 is 33.8 Å². The maximum absolute atomic E-state index is 13.8. The molecule has 1 aliphatic carbocycles. The number of piperidine rings is 1. The lowest BCUT2D eigenvalue weighted by molar-refractivity contribution is -0.116. The third-order valence-corrected chi connectivity index (χ3v) is 11.2. The van der Waals surface area contributed by atoms with Crippen LogP contribution in [0.15, 0.2) is 65.1 Å². The highest BCUT2D eigenvalue weighted by molar-refractivity contribution is 7.89. The molecular weight excluding hydrogens is 521 g/mol. The topological polar surface area (TPSA) is 72.9 Å². The van der Waals surface area contributed by atoms with Crippen LogP contribution in [-0.4, -0.2) is 49.9 Å². The monoisotopic (exact) mass is 563 g/mol. The number of carbonyl (C=O) groups excluding carboxylic acids is 1. The Kier molecular flexibility index (Phi) is 7.26. The van der Waals surface area contributed by atoms with E-state index in [1.165, 1.54) is 0 Å². The molecule has 3 aliphatic rings. The van der Waals surface area contributed by atoms with Gasteiger partial charge in [-0.2, -0.15) is 4.31 Å². The number of hydrogen-bond donors (Lipinski definition) is 0. The third-order valence-electron chi connectivity index (χ3n) is 9.38. The second-order valence-electron chi connectivity index (χ2n) is 13.8. The van der Waals surface area contributed by atoms with E-state index in [0.717, 1.165) is 22.2 Å². The Bertz CT molecular complexity index is 1410. The van der Waals surface area contributed by atoms with Crippen molar-refractivity contribution in [3.8, 4) is 0 Å². The standard InChI is InChI=1S/C32H42BNO5S/c1-29(2,3)24-10-14-28(15-11-24)40(36,37)34-19-17-25-20-27(35)16-18-32(25,22-34)21-23-8-12-26(13-9-23)33-38-30(4,5)31(6,7)39-33/h8-15,20H,16-19,21-22H2,1-7H3. The fraction of sp³-hybridized carbons (Fsp3) is 0.531. The molecule has 2 aromatic carbocycles. The molecule has 5 rings (SSSR count). The van der Waals surface area contributed by atoms with Gasteiger partial charge in [-0.15, -0.1) is 0 Å². The SMILES string of the molecule is CC(C)(C)c1ccc(S(=O)(=O)N2CCC3=CC(=O)CCC3(Cc3ccc(B4OC(C)(C)C(C)(C)O4)cc3)C2)cc1. The van der Waals surface area contributed by atoms with E-state index >= 15 is 0 Å². The van der Waals surface area contributed by atoms with Crippen molar-refractivity contribution in [1.82, 2.24) is 4.31 Å². The fourth-order valence-electron chi connectivity index (χ4n) is 6.02. The summed E-state index contributed by atoms with van der Waals surface area (Å²) >= 11 is 0. The van der Waals surface area contributed by atoms with Crippen molar-refractivity contribution < 1.29 is 22.5 Å². The van der Waals surface area contributed by atoms with Gasteiger partial charge in [0.1, 0.15) is 0 Å². The minimum atomic E-state index is -3.67. The first kappa shape index (κ1) is 29.2. The Balaban J connectivity index is 1.39. The maximum atomic E-state index is 13.8. The number of allylic oxidation sites excluding steroid dienone is 1. The van der Waals surface area contributed by atoms with E-state index in [9.17, 15) is 13.2 Å². The van der Waals surface area contributed by atoms with Crippen LogP contribution in [0, 0.1) is 5.41 Å². The van der Waals surface area contributed by atoms with Gasteiger partial charge in [-0.05, 0) is 87.2 Å². The van der Waals surface area contributed by atoms with Crippen LogP contribution in [0.1, 0.15) is 78.9 Å². The molecule has 2 saturated heterocycles. The van der Waals surface area contributed by atoms with Crippen LogP contribution in [0.5, 0.6) is 0 Å². The van der Waals surface area contributed by atoms with Crippen LogP contribution in [0.3, 0.4) is 0 Å². The average Bonchev–Trinajstić information content (AvgIpc) is 3.10. The van der Waals surface area contributed by atoms with Gasteiger partial charge in [-0.3, -0.25) is 4.79 Å². The van der Waals surface area contributed by atoms with Crippen molar-refractivity contribution >= 4 is 28.4 Å². The number of benzene rings is 2. The first-order valence-corrected chi connectivity index (χ1v) is 15.8. The second kappa shape index (κ2) is 9.93. The van der Waals surface area contributed by atoms with Crippen LogP contribution >= 0.6 is 0 Å². The van der Waals surface area contributed by atoms with Crippen LogP contribution < -0.4 is 5.46 Å². The van der Waals surface area contributed by atoms with Crippen molar-refractivity contribution in [3.63, 3.8) is 0 Å². The van der Waals surface area contributed by atoms with Gasteiger partial charge in [-0.25, -0.2) is 8.42 Å². The van der Waals surface area contributed by atoms with Crippen LogP contribution in [0.25, 0.3) is 0 Å². The van der Waals surface area contributed by atoms with Crippen molar-refractivity contribution in [3.05, 3.63) is 71.3 Å². The molecule has 0 aromatic heterocycles. The summed E-state index contributed by atoms with van der Waals surface area (Å²) in [5, 5.41) is 0. The summed E-state index contributed by atoms with van der Waals surface area (Å²) < 4.78 is 41.6. The summed E-state index contributed by atoms with van der Waals surface area (Å²) in [6.45, 7) is 15.3. The van der Waals surface area contributed by atoms with Gasteiger partial charge < -0.3 is 9.31 Å². The van der Waals surface area contributed by atoms with Gasteiger partial charge in [0.05, 0.1) is 16.1 Å². The Morgan fingerprint density at radius 1 is 0.900 bits per heavy atom. The number of fused-ring (bicyclic) bond motifs is 1. The van der Waals surface area contributed by atoms with E-state index in [4.69, 9.17) is 9.31 Å². The summed E-state index contributed by atoms with van der Waals surface area (Å²) in [6, 6.07) is 15.5. The van der Waals surface area contributed by atoms with E-state index in [0.29, 0.717) is 43.7 Å². The molecule has 214 valence electrons. The molecule has 0 spiro atoms. The van der Waals surface area contributed by atoms with Crippen molar-refractivity contribution in [1.29, 1.82) is 0 Å². The number of sulfonamides is 1. The molecule has 1 unspecified atom stereocenters. The third kappa shape index (κ3) is 5.36. The highest BCUT2D eigenvalue weighted by atomic mass is 32.2. The first-order chi connectivity index (χ1) is 18.5. The summed E-state index contributed by atoms with van der Waals surface area (Å²) in [6.07, 6.45) is 4.10. The zero-order valence-electron chi connectivity index (χ0n) is 24.9. The zero-order chi connectivity index (χ0) is 29.1. The van der Waals surface area contributed by atoms with Crippen molar-refractivity contribution in [2.75, 3.05) is 13.1 Å². The van der Waals surface area contributed by atoms with Gasteiger partial charge in [0.2, 0.25) is 10.0 Å². The normalized spacial score (nSPS) is 25.0. The minimum absolute atomic E-state index is 0.0518. The molecule has 8 heteroatoms. The predicted molar refractivity (Wildman–Crippen MR) is 159 cm³/mol. The Morgan fingerprint density at radius 3 is 2.08 bits per heavy atom. The van der Waals surface area contributed by atoms with Crippen molar-refractivity contribution in [2.45, 2.75) is 95.7 Å². The Morgan fingerprint density at radius 2 is 1.50 bits per heavy atom. The number of rotatable bonds is 5. The summed E-state index contributed by atoms with van der Waals surface area (Å²) in [4.78, 5) is 12.7. The Labute approximate surface area is 240 Å². The summed E-state index contributed by atoms with van der Waals surface area (Å²) in [5.74, 6) is 0.135. The van der Waals surface area contributed by atoms with Crippen LogP contribution in [0.2, 0.25) is 0 Å². The molecule has 2 fully saturated rings. The zero-order valence-corrected chi connectivity index (χ0v) is 25.7. The molecule has 0 N–H and O–H groups in total. The molecule has 0 saturated carbocycles. The van der Waals surface area contributed by atoms with Crippen molar-refractivity contribution in [2.24, 2.45) is 5.41 Å². The van der Waals surface area contributed by atoms with Gasteiger partial charge in [-0.1, -0.05) is 62.7 Å². The first-order valence-electron chi connectivity index (χ1n) is 14.3. The van der Waals surface area contributed by atoms with E-state index in [2.05, 4.69) is 32.9 Å². The molecule has 0 bridgehead atoms. The second-order valence-corrected chi connectivity index (χ2v) is 15.7. The molecule has 2 heterocycles. The van der Waals surface area contributed by atoms with Crippen LogP contribution in [0.4, 0.5) is 0 Å². The number of carbonyl (C=O) groups is 1. The summed E-state index contributed by atoms with van der Waals surface area (Å²) in [7, 11) is -4.10. The number of nitrogens with zero attached hydrogens (tertiary/aromatic N) is 1. The molecule has 40 heavy (non-hydrogen) atoms. The highest BCUT2D eigenvalue weighted by Gasteiger charge is 2.52. The molecular formula is C32H42BNO5S. The molecule has 2 aromatic rings.